The smallest absolute Gasteiger partial charge is 0.220 e. The van der Waals surface area contributed by atoms with Crippen molar-refractivity contribution >= 4 is 16.8 Å². The molecule has 2 atom stereocenters. The van der Waals surface area contributed by atoms with E-state index in [-0.39, 0.29) is 35.9 Å². The van der Waals surface area contributed by atoms with Gasteiger partial charge in [0.1, 0.15) is 6.61 Å². The zero-order valence-electron chi connectivity index (χ0n) is 15.8. The van der Waals surface area contributed by atoms with E-state index in [0.29, 0.717) is 6.42 Å². The lowest BCUT2D eigenvalue weighted by molar-refractivity contribution is -0.119. The number of fused-ring (bicyclic) bond motifs is 1. The van der Waals surface area contributed by atoms with Gasteiger partial charge in [-0.1, -0.05) is 31.2 Å². The Balaban J connectivity index is 1.48. The van der Waals surface area contributed by atoms with Gasteiger partial charge in [0.15, 0.2) is 11.6 Å². The molecule has 2 N–H and O–H groups in total. The minimum absolute atomic E-state index is 0.0632. The molecule has 1 heterocycles. The number of para-hydroxylation sites is 1. The van der Waals surface area contributed by atoms with Crippen LogP contribution >= 0.6 is 0 Å². The van der Waals surface area contributed by atoms with E-state index in [1.54, 1.807) is 6.07 Å². The predicted molar refractivity (Wildman–Crippen MR) is 106 cm³/mol. The van der Waals surface area contributed by atoms with Crippen LogP contribution in [0.4, 0.5) is 4.39 Å². The van der Waals surface area contributed by atoms with Crippen molar-refractivity contribution in [3.63, 3.8) is 0 Å². The van der Waals surface area contributed by atoms with E-state index in [1.807, 2.05) is 36.4 Å². The third-order valence-electron chi connectivity index (χ3n) is 5.38. The molecule has 5 heteroatoms. The molecule has 1 aliphatic rings. The first-order valence-corrected chi connectivity index (χ1v) is 9.63. The summed E-state index contributed by atoms with van der Waals surface area (Å²) in [6.45, 7) is 2.33. The zero-order chi connectivity index (χ0) is 19.7. The van der Waals surface area contributed by atoms with Gasteiger partial charge < -0.3 is 10.5 Å². The summed E-state index contributed by atoms with van der Waals surface area (Å²) in [6, 6.07) is 14.9. The minimum atomic E-state index is -0.386. The van der Waals surface area contributed by atoms with Gasteiger partial charge in [0.2, 0.25) is 5.91 Å². The summed E-state index contributed by atoms with van der Waals surface area (Å²) in [7, 11) is 0. The second-order valence-electron chi connectivity index (χ2n) is 7.41. The van der Waals surface area contributed by atoms with Crippen molar-refractivity contribution in [2.45, 2.75) is 32.8 Å². The number of ether oxygens (including phenoxy) is 1. The van der Waals surface area contributed by atoms with Crippen LogP contribution in [0.2, 0.25) is 0 Å². The fraction of sp³-hybridized carbons (Fsp3) is 0.304. The number of primary amides is 1. The van der Waals surface area contributed by atoms with Crippen molar-refractivity contribution in [3.8, 4) is 5.75 Å². The van der Waals surface area contributed by atoms with Gasteiger partial charge in [0, 0.05) is 22.6 Å². The molecule has 0 saturated heterocycles. The Morgan fingerprint density at radius 3 is 2.79 bits per heavy atom. The maximum absolute atomic E-state index is 14.5. The molecule has 0 aliphatic heterocycles. The number of carbonyl (C=O) groups is 1. The van der Waals surface area contributed by atoms with Gasteiger partial charge in [-0.15, -0.1) is 0 Å². The first-order valence-electron chi connectivity index (χ1n) is 9.63. The average molecular weight is 378 g/mol. The first kappa shape index (κ1) is 18.4. The summed E-state index contributed by atoms with van der Waals surface area (Å²) in [4.78, 5) is 15.8. The number of amides is 1. The highest BCUT2D eigenvalue weighted by Crippen LogP contribution is 2.41. The Kier molecular flexibility index (Phi) is 4.99. The van der Waals surface area contributed by atoms with Crippen LogP contribution in [0.5, 0.6) is 5.75 Å². The number of nitrogens with zero attached hydrogens (tertiary/aromatic N) is 1. The molecule has 3 aromatic rings. The van der Waals surface area contributed by atoms with Crippen molar-refractivity contribution in [3.05, 3.63) is 71.2 Å². The number of pyridine rings is 1. The topological polar surface area (TPSA) is 65.2 Å². The van der Waals surface area contributed by atoms with Crippen LogP contribution in [0.15, 0.2) is 48.5 Å². The predicted octanol–water partition coefficient (Wildman–Crippen LogP) is 4.18. The molecule has 0 bridgehead atoms. The van der Waals surface area contributed by atoms with Gasteiger partial charge in [-0.3, -0.25) is 9.78 Å². The average Bonchev–Trinajstić information content (AvgIpc) is 3.46. The second-order valence-corrected chi connectivity index (χ2v) is 7.41. The number of nitrogens with two attached hydrogens (primary N) is 1. The fourth-order valence-corrected chi connectivity index (χ4v) is 3.68. The maximum Gasteiger partial charge on any atom is 0.220 e. The lowest BCUT2D eigenvalue weighted by Crippen LogP contribution is -2.14. The molecule has 1 aliphatic carbocycles. The van der Waals surface area contributed by atoms with E-state index >= 15 is 0 Å². The summed E-state index contributed by atoms with van der Waals surface area (Å²) < 4.78 is 20.3. The molecule has 1 saturated carbocycles. The quantitative estimate of drug-likeness (QED) is 0.671. The molecule has 4 rings (SSSR count). The van der Waals surface area contributed by atoms with E-state index < -0.39 is 0 Å². The normalized spacial score (nSPS) is 18.2. The molecule has 0 radical (unpaired) electrons. The highest BCUT2D eigenvalue weighted by Gasteiger charge is 2.41. The SMILES string of the molecule is CCc1cc(COc2ccc(CC3CC3C(N)=O)cc2F)c2ccccc2n1. The molecular formula is C23H23FN2O2. The molecule has 0 spiro atoms. The van der Waals surface area contributed by atoms with Crippen LogP contribution in [0.1, 0.15) is 30.2 Å². The van der Waals surface area contributed by atoms with Gasteiger partial charge in [-0.25, -0.2) is 4.39 Å². The van der Waals surface area contributed by atoms with Crippen LogP contribution in [0.25, 0.3) is 10.9 Å². The van der Waals surface area contributed by atoms with Crippen LogP contribution < -0.4 is 10.5 Å². The van der Waals surface area contributed by atoms with Gasteiger partial charge in [-0.2, -0.15) is 0 Å². The van der Waals surface area contributed by atoms with Crippen LogP contribution in [-0.4, -0.2) is 10.9 Å². The third-order valence-corrected chi connectivity index (χ3v) is 5.38. The lowest BCUT2D eigenvalue weighted by atomic mass is 10.1. The summed E-state index contributed by atoms with van der Waals surface area (Å²) in [5.74, 6) is -0.250. The van der Waals surface area contributed by atoms with Gasteiger partial charge in [0.25, 0.3) is 0 Å². The van der Waals surface area contributed by atoms with Crippen molar-refractivity contribution in [1.29, 1.82) is 0 Å². The van der Waals surface area contributed by atoms with Gasteiger partial charge in [-0.05, 0) is 55.0 Å². The van der Waals surface area contributed by atoms with E-state index in [0.717, 1.165) is 40.6 Å². The Hall–Kier alpha value is -2.95. The maximum atomic E-state index is 14.5. The standard InChI is InChI=1S/C23H23FN2O2/c1-2-17-11-16(18-5-3-4-6-21(18)26-17)13-28-22-8-7-14(10-20(22)24)9-15-12-19(15)23(25)27/h3-8,10-11,15,19H,2,9,12-13H2,1H3,(H2,25,27). The monoisotopic (exact) mass is 378 g/mol. The molecule has 144 valence electrons. The van der Waals surface area contributed by atoms with E-state index in [9.17, 15) is 9.18 Å². The summed E-state index contributed by atoms with van der Waals surface area (Å²) in [6.07, 6.45) is 2.29. The van der Waals surface area contributed by atoms with Crippen LogP contribution in [0.3, 0.4) is 0 Å². The van der Waals surface area contributed by atoms with Crippen molar-refractivity contribution in [1.82, 2.24) is 4.98 Å². The van der Waals surface area contributed by atoms with Crippen LogP contribution in [-0.2, 0) is 24.2 Å². The molecule has 1 aromatic heterocycles. The van der Waals surface area contributed by atoms with Gasteiger partial charge >= 0.3 is 0 Å². The second kappa shape index (κ2) is 7.58. The largest absolute Gasteiger partial charge is 0.486 e. The highest BCUT2D eigenvalue weighted by atomic mass is 19.1. The third kappa shape index (κ3) is 3.84. The highest BCUT2D eigenvalue weighted by molar-refractivity contribution is 5.82. The fourth-order valence-electron chi connectivity index (χ4n) is 3.68. The number of carbonyl (C=O) groups excluding carboxylic acids is 1. The molecule has 4 nitrogen and oxygen atoms in total. The van der Waals surface area contributed by atoms with Crippen LogP contribution in [0, 0.1) is 17.7 Å². The van der Waals surface area contributed by atoms with Crippen molar-refractivity contribution in [2.75, 3.05) is 0 Å². The minimum Gasteiger partial charge on any atom is -0.486 e. The molecule has 1 fully saturated rings. The number of benzene rings is 2. The zero-order valence-corrected chi connectivity index (χ0v) is 15.8. The number of rotatable bonds is 7. The number of hydrogen-bond donors (Lipinski definition) is 1. The Morgan fingerprint density at radius 2 is 2.07 bits per heavy atom. The number of hydrogen-bond acceptors (Lipinski definition) is 3. The molecule has 1 amide bonds. The molecule has 28 heavy (non-hydrogen) atoms. The molecule has 2 unspecified atom stereocenters. The number of halogens is 1. The van der Waals surface area contributed by atoms with Crippen molar-refractivity contribution in [2.24, 2.45) is 17.6 Å². The molecule has 2 aromatic carbocycles. The summed E-state index contributed by atoms with van der Waals surface area (Å²) in [5, 5.41) is 1.02. The van der Waals surface area contributed by atoms with Gasteiger partial charge in [0.05, 0.1) is 5.52 Å². The molecular weight excluding hydrogens is 355 g/mol. The number of aryl methyl sites for hydroxylation is 1. The first-order chi connectivity index (χ1) is 13.5. The Labute approximate surface area is 163 Å². The summed E-state index contributed by atoms with van der Waals surface area (Å²) in [5.41, 5.74) is 9.08. The van der Waals surface area contributed by atoms with E-state index in [1.165, 1.54) is 6.07 Å². The lowest BCUT2D eigenvalue weighted by Gasteiger charge is -2.12. The Morgan fingerprint density at radius 1 is 1.25 bits per heavy atom. The summed E-state index contributed by atoms with van der Waals surface area (Å²) >= 11 is 0. The Bertz CT molecular complexity index is 1030. The van der Waals surface area contributed by atoms with E-state index in [4.69, 9.17) is 10.5 Å². The van der Waals surface area contributed by atoms with Crippen molar-refractivity contribution < 1.29 is 13.9 Å². The number of aromatic nitrogens is 1. The van der Waals surface area contributed by atoms with E-state index in [2.05, 4.69) is 11.9 Å².